The van der Waals surface area contributed by atoms with Crippen molar-refractivity contribution in [3.05, 3.63) is 64.1 Å². The number of rotatable bonds is 7. The summed E-state index contributed by atoms with van der Waals surface area (Å²) in [5.41, 5.74) is 4.67. The fraction of sp³-hybridized carbons (Fsp3) is 0.227. The van der Waals surface area contributed by atoms with Crippen molar-refractivity contribution < 1.29 is 19.1 Å². The lowest BCUT2D eigenvalue weighted by atomic mass is 10.1. The number of methoxy groups -OCH3 is 1. The van der Waals surface area contributed by atoms with E-state index >= 15 is 0 Å². The SMILES string of the molecule is CCCOc1ccc(/C=C2\SC(=S)N(NC(=O)c3ccccc3C)C2=O)cc1OC. The highest BCUT2D eigenvalue weighted by Gasteiger charge is 2.34. The molecule has 0 unspecified atom stereocenters. The first kappa shape index (κ1) is 21.9. The lowest BCUT2D eigenvalue weighted by Gasteiger charge is -2.16. The third-order valence-corrected chi connectivity index (χ3v) is 5.65. The van der Waals surface area contributed by atoms with Crippen LogP contribution in [0.5, 0.6) is 11.5 Å². The number of benzene rings is 2. The van der Waals surface area contributed by atoms with Gasteiger partial charge in [0.2, 0.25) is 0 Å². The van der Waals surface area contributed by atoms with Gasteiger partial charge in [0.1, 0.15) is 0 Å². The molecule has 8 heteroatoms. The average molecular weight is 443 g/mol. The van der Waals surface area contributed by atoms with Gasteiger partial charge >= 0.3 is 0 Å². The molecule has 0 radical (unpaired) electrons. The van der Waals surface area contributed by atoms with E-state index in [1.807, 2.05) is 32.0 Å². The minimum Gasteiger partial charge on any atom is -0.493 e. The van der Waals surface area contributed by atoms with E-state index in [1.54, 1.807) is 37.5 Å². The highest BCUT2D eigenvalue weighted by molar-refractivity contribution is 8.26. The molecule has 0 aromatic heterocycles. The van der Waals surface area contributed by atoms with E-state index in [4.69, 9.17) is 21.7 Å². The maximum Gasteiger partial charge on any atom is 0.285 e. The number of thiocarbonyl (C=S) groups is 1. The van der Waals surface area contributed by atoms with Crippen molar-refractivity contribution in [2.24, 2.45) is 0 Å². The first-order valence-corrected chi connectivity index (χ1v) is 10.6. The van der Waals surface area contributed by atoms with Gasteiger partial charge in [-0.1, -0.05) is 43.0 Å². The van der Waals surface area contributed by atoms with E-state index in [0.29, 0.717) is 28.6 Å². The highest BCUT2D eigenvalue weighted by Crippen LogP contribution is 2.34. The Labute approximate surface area is 185 Å². The summed E-state index contributed by atoms with van der Waals surface area (Å²) in [5, 5.41) is 1.11. The summed E-state index contributed by atoms with van der Waals surface area (Å²) in [6, 6.07) is 12.6. The molecule has 2 aromatic rings. The Balaban J connectivity index is 1.78. The Kier molecular flexibility index (Phi) is 7.12. The van der Waals surface area contributed by atoms with Crippen molar-refractivity contribution in [3.8, 4) is 11.5 Å². The number of hydrogen-bond donors (Lipinski definition) is 1. The zero-order chi connectivity index (χ0) is 21.7. The molecule has 30 heavy (non-hydrogen) atoms. The number of nitrogens with zero attached hydrogens (tertiary/aromatic N) is 1. The van der Waals surface area contributed by atoms with Gasteiger partial charge in [0.05, 0.1) is 18.6 Å². The zero-order valence-corrected chi connectivity index (χ0v) is 18.6. The molecule has 0 aliphatic carbocycles. The number of hydrazine groups is 1. The lowest BCUT2D eigenvalue weighted by molar-refractivity contribution is -0.123. The van der Waals surface area contributed by atoms with Crippen molar-refractivity contribution in [2.45, 2.75) is 20.3 Å². The highest BCUT2D eigenvalue weighted by atomic mass is 32.2. The third kappa shape index (κ3) is 4.83. The van der Waals surface area contributed by atoms with Gasteiger partial charge in [-0.3, -0.25) is 15.0 Å². The van der Waals surface area contributed by atoms with Crippen LogP contribution >= 0.6 is 24.0 Å². The minimum absolute atomic E-state index is 0.267. The number of ether oxygens (including phenoxy) is 2. The summed E-state index contributed by atoms with van der Waals surface area (Å²) in [7, 11) is 1.57. The molecule has 0 bridgehead atoms. The molecule has 1 aliphatic rings. The third-order valence-electron chi connectivity index (χ3n) is 4.34. The standard InChI is InChI=1S/C22H22N2O4S2/c1-4-11-28-17-10-9-15(12-18(17)27-3)13-19-21(26)24(22(29)30-19)23-20(25)16-8-6-5-7-14(16)2/h5-10,12-13H,4,11H2,1-3H3,(H,23,25)/b19-13-. The molecule has 2 aromatic carbocycles. The Morgan fingerprint density at radius 1 is 1.23 bits per heavy atom. The first-order chi connectivity index (χ1) is 14.4. The molecule has 156 valence electrons. The number of aryl methyl sites for hydroxylation is 1. The van der Waals surface area contributed by atoms with Gasteiger partial charge in [-0.15, -0.1) is 0 Å². The van der Waals surface area contributed by atoms with Gasteiger partial charge in [0.15, 0.2) is 15.8 Å². The number of nitrogens with one attached hydrogen (secondary N) is 1. The second-order valence-corrected chi connectivity index (χ2v) is 8.21. The lowest BCUT2D eigenvalue weighted by Crippen LogP contribution is -2.45. The van der Waals surface area contributed by atoms with Crippen molar-refractivity contribution in [1.29, 1.82) is 0 Å². The monoisotopic (exact) mass is 442 g/mol. The first-order valence-electron chi connectivity index (χ1n) is 9.40. The summed E-state index contributed by atoms with van der Waals surface area (Å²) in [6.07, 6.45) is 2.60. The summed E-state index contributed by atoms with van der Waals surface area (Å²) >= 11 is 6.43. The van der Waals surface area contributed by atoms with Gasteiger partial charge in [-0.2, -0.15) is 5.01 Å². The predicted molar refractivity (Wildman–Crippen MR) is 122 cm³/mol. The molecule has 2 amide bonds. The van der Waals surface area contributed by atoms with Gasteiger partial charge in [0, 0.05) is 5.56 Å². The van der Waals surface area contributed by atoms with Gasteiger partial charge in [-0.25, -0.2) is 0 Å². The van der Waals surface area contributed by atoms with E-state index in [0.717, 1.165) is 34.3 Å². The van der Waals surface area contributed by atoms with Gasteiger partial charge < -0.3 is 9.47 Å². The molecule has 1 N–H and O–H groups in total. The van der Waals surface area contributed by atoms with Crippen LogP contribution in [0, 0.1) is 6.92 Å². The second-order valence-electron chi connectivity index (χ2n) is 6.53. The number of carbonyl (C=O) groups is 2. The molecule has 1 saturated heterocycles. The summed E-state index contributed by atoms with van der Waals surface area (Å²) in [5.74, 6) is 0.469. The van der Waals surface area contributed by atoms with Crippen LogP contribution in [-0.4, -0.2) is 34.9 Å². The number of hydrogen-bond acceptors (Lipinski definition) is 6. The van der Waals surface area contributed by atoms with Crippen molar-refractivity contribution in [1.82, 2.24) is 10.4 Å². The molecular weight excluding hydrogens is 420 g/mol. The average Bonchev–Trinajstić information content (AvgIpc) is 3.00. The molecule has 1 aliphatic heterocycles. The predicted octanol–water partition coefficient (Wildman–Crippen LogP) is 4.34. The molecule has 1 fully saturated rings. The van der Waals surface area contributed by atoms with Crippen molar-refractivity contribution in [2.75, 3.05) is 13.7 Å². The van der Waals surface area contributed by atoms with E-state index in [9.17, 15) is 9.59 Å². The van der Waals surface area contributed by atoms with Gasteiger partial charge in [0.25, 0.3) is 11.8 Å². The van der Waals surface area contributed by atoms with E-state index in [2.05, 4.69) is 5.43 Å². The molecule has 0 saturated carbocycles. The topological polar surface area (TPSA) is 67.9 Å². The smallest absolute Gasteiger partial charge is 0.285 e. The molecule has 3 rings (SSSR count). The van der Waals surface area contributed by atoms with Crippen molar-refractivity contribution >= 4 is 46.2 Å². The summed E-state index contributed by atoms with van der Waals surface area (Å²) in [6.45, 7) is 4.45. The van der Waals surface area contributed by atoms with E-state index in [1.165, 1.54) is 0 Å². The van der Waals surface area contributed by atoms with E-state index in [-0.39, 0.29) is 16.1 Å². The number of carbonyl (C=O) groups excluding carboxylic acids is 2. The molecule has 0 atom stereocenters. The molecule has 6 nitrogen and oxygen atoms in total. The van der Waals surface area contributed by atoms with Gasteiger partial charge in [-0.05, 0) is 61.0 Å². The van der Waals surface area contributed by atoms with Crippen LogP contribution in [0.15, 0.2) is 47.4 Å². The minimum atomic E-state index is -0.384. The number of thioether (sulfide) groups is 1. The summed E-state index contributed by atoms with van der Waals surface area (Å²) < 4.78 is 11.3. The maximum atomic E-state index is 12.8. The zero-order valence-electron chi connectivity index (χ0n) is 16.9. The number of amides is 2. The molecular formula is C22H22N2O4S2. The Morgan fingerprint density at radius 3 is 2.70 bits per heavy atom. The Hall–Kier alpha value is -2.84. The second kappa shape index (κ2) is 9.77. The Bertz CT molecular complexity index is 1020. The van der Waals surface area contributed by atoms with Crippen LogP contribution in [0.2, 0.25) is 0 Å². The largest absolute Gasteiger partial charge is 0.493 e. The van der Waals surface area contributed by atoms with Crippen LogP contribution in [0.1, 0.15) is 34.8 Å². The van der Waals surface area contributed by atoms with Crippen LogP contribution < -0.4 is 14.9 Å². The Morgan fingerprint density at radius 2 is 2.00 bits per heavy atom. The quantitative estimate of drug-likeness (QED) is 0.508. The van der Waals surface area contributed by atoms with E-state index < -0.39 is 0 Å². The van der Waals surface area contributed by atoms with Crippen LogP contribution in [-0.2, 0) is 4.79 Å². The fourth-order valence-electron chi connectivity index (χ4n) is 2.81. The summed E-state index contributed by atoms with van der Waals surface area (Å²) in [4.78, 5) is 25.8. The molecule has 0 spiro atoms. The molecule has 1 heterocycles. The van der Waals surface area contributed by atoms with Crippen LogP contribution in [0.3, 0.4) is 0 Å². The van der Waals surface area contributed by atoms with Crippen LogP contribution in [0.4, 0.5) is 0 Å². The van der Waals surface area contributed by atoms with Crippen LogP contribution in [0.25, 0.3) is 6.08 Å². The normalized spacial score (nSPS) is 14.9. The fourth-order valence-corrected chi connectivity index (χ4v) is 3.99. The van der Waals surface area contributed by atoms with Crippen molar-refractivity contribution in [3.63, 3.8) is 0 Å². The maximum absolute atomic E-state index is 12.8.